The quantitative estimate of drug-likeness (QED) is 0.699. The molecule has 25 heavy (non-hydrogen) atoms. The number of aromatic amines is 1. The fourth-order valence-corrected chi connectivity index (χ4v) is 5.67. The van der Waals surface area contributed by atoms with E-state index in [-0.39, 0.29) is 0 Å². The van der Waals surface area contributed by atoms with Crippen LogP contribution in [0.2, 0.25) is 0 Å². The second-order valence-corrected chi connectivity index (χ2v) is 9.09. The van der Waals surface area contributed by atoms with Gasteiger partial charge in [-0.3, -0.25) is 0 Å². The zero-order chi connectivity index (χ0) is 17.4. The minimum Gasteiger partial charge on any atom is -0.345 e. The van der Waals surface area contributed by atoms with Gasteiger partial charge in [-0.05, 0) is 52.4 Å². The second-order valence-electron chi connectivity index (χ2n) is 6.29. The molecule has 0 aliphatic carbocycles. The van der Waals surface area contributed by atoms with E-state index in [1.807, 2.05) is 18.2 Å². The summed E-state index contributed by atoms with van der Waals surface area (Å²) in [4.78, 5) is 7.47. The molecular formula is C18H18BrN3O2S. The van der Waals surface area contributed by atoms with E-state index >= 15 is 0 Å². The predicted molar refractivity (Wildman–Crippen MR) is 101 cm³/mol. The van der Waals surface area contributed by atoms with Crippen molar-refractivity contribution >= 4 is 37.0 Å². The highest BCUT2D eigenvalue weighted by Crippen LogP contribution is 2.32. The Hall–Kier alpha value is -1.70. The molecular weight excluding hydrogens is 402 g/mol. The van der Waals surface area contributed by atoms with Crippen LogP contribution in [-0.2, 0) is 10.0 Å². The Bertz CT molecular complexity index is 994. The summed E-state index contributed by atoms with van der Waals surface area (Å²) < 4.78 is 28.3. The van der Waals surface area contributed by atoms with Crippen LogP contribution in [0.4, 0.5) is 0 Å². The van der Waals surface area contributed by atoms with Crippen molar-refractivity contribution in [3.05, 3.63) is 58.8 Å². The smallest absolute Gasteiger partial charge is 0.243 e. The molecule has 1 saturated heterocycles. The van der Waals surface area contributed by atoms with E-state index in [0.29, 0.717) is 33.9 Å². The molecule has 1 N–H and O–H groups in total. The molecule has 0 amide bonds. The van der Waals surface area contributed by atoms with Crippen LogP contribution in [0.1, 0.15) is 24.3 Å². The first kappa shape index (κ1) is 16.8. The summed E-state index contributed by atoms with van der Waals surface area (Å²) in [6.07, 6.45) is 3.25. The number of hydrogen-bond acceptors (Lipinski definition) is 3. The number of sulfonamides is 1. The first-order valence-corrected chi connectivity index (χ1v) is 10.5. The molecule has 2 heterocycles. The molecule has 1 fully saturated rings. The van der Waals surface area contributed by atoms with Crippen molar-refractivity contribution in [1.82, 2.24) is 14.3 Å². The number of benzene rings is 2. The highest BCUT2D eigenvalue weighted by atomic mass is 79.9. The van der Waals surface area contributed by atoms with Crippen molar-refractivity contribution in [2.24, 2.45) is 0 Å². The number of aromatic nitrogens is 2. The number of H-pyrrole nitrogens is 1. The third kappa shape index (κ3) is 3.12. The van der Waals surface area contributed by atoms with Gasteiger partial charge in [0.15, 0.2) is 0 Å². The van der Waals surface area contributed by atoms with Gasteiger partial charge in [0.25, 0.3) is 0 Å². The third-order valence-electron chi connectivity index (χ3n) is 4.81. The highest BCUT2D eigenvalue weighted by Gasteiger charge is 2.30. The van der Waals surface area contributed by atoms with Gasteiger partial charge in [-0.25, -0.2) is 13.4 Å². The van der Waals surface area contributed by atoms with Crippen molar-refractivity contribution in [3.63, 3.8) is 0 Å². The summed E-state index contributed by atoms with van der Waals surface area (Å²) in [6.45, 7) is 1.08. The maximum absolute atomic E-state index is 13.0. The van der Waals surface area contributed by atoms with Crippen LogP contribution in [0.3, 0.4) is 0 Å². The molecule has 0 spiro atoms. The summed E-state index contributed by atoms with van der Waals surface area (Å²) in [7, 11) is -3.50. The first-order valence-electron chi connectivity index (χ1n) is 8.23. The predicted octanol–water partition coefficient (Wildman–Crippen LogP) is 3.89. The van der Waals surface area contributed by atoms with Gasteiger partial charge in [0.05, 0.1) is 16.7 Å². The molecule has 0 atom stereocenters. The number of nitrogens with zero attached hydrogens (tertiary/aromatic N) is 2. The van der Waals surface area contributed by atoms with Crippen LogP contribution in [0, 0.1) is 0 Å². The molecule has 4 rings (SSSR count). The second kappa shape index (κ2) is 6.55. The molecule has 3 aromatic rings. The lowest BCUT2D eigenvalue weighted by atomic mass is 9.90. The van der Waals surface area contributed by atoms with Crippen molar-refractivity contribution in [2.45, 2.75) is 23.7 Å². The lowest BCUT2D eigenvalue weighted by Gasteiger charge is -2.31. The van der Waals surface area contributed by atoms with Crippen LogP contribution in [-0.4, -0.2) is 35.8 Å². The van der Waals surface area contributed by atoms with Crippen molar-refractivity contribution in [1.29, 1.82) is 0 Å². The Morgan fingerprint density at radius 3 is 2.56 bits per heavy atom. The maximum Gasteiger partial charge on any atom is 0.243 e. The summed E-state index contributed by atoms with van der Waals surface area (Å²) in [5, 5.41) is 0. The summed E-state index contributed by atoms with van der Waals surface area (Å²) in [5.74, 6) is 0.425. The van der Waals surface area contributed by atoms with E-state index < -0.39 is 10.0 Å². The Labute approximate surface area is 155 Å². The molecule has 1 aliphatic rings. The zero-order valence-corrected chi connectivity index (χ0v) is 15.9. The standard InChI is InChI=1S/C18H18BrN3O2S/c19-16-10-15(11-17-18(16)21-12-20-17)25(23,24)22-8-6-14(7-9-22)13-4-2-1-3-5-13/h1-5,10-12,14H,6-9H2,(H,20,21). The molecule has 5 nitrogen and oxygen atoms in total. The number of halogens is 1. The van der Waals surface area contributed by atoms with E-state index in [1.165, 1.54) is 5.56 Å². The average molecular weight is 420 g/mol. The topological polar surface area (TPSA) is 66.1 Å². The lowest BCUT2D eigenvalue weighted by molar-refractivity contribution is 0.319. The number of rotatable bonds is 3. The highest BCUT2D eigenvalue weighted by molar-refractivity contribution is 9.10. The van der Waals surface area contributed by atoms with Gasteiger partial charge >= 0.3 is 0 Å². The van der Waals surface area contributed by atoms with Crippen LogP contribution in [0.25, 0.3) is 11.0 Å². The van der Waals surface area contributed by atoms with Gasteiger partial charge in [0.2, 0.25) is 10.0 Å². The molecule has 1 aromatic heterocycles. The van der Waals surface area contributed by atoms with Gasteiger partial charge < -0.3 is 4.98 Å². The van der Waals surface area contributed by atoms with Crippen molar-refractivity contribution < 1.29 is 8.42 Å². The summed E-state index contributed by atoms with van der Waals surface area (Å²) in [6, 6.07) is 13.6. The number of fused-ring (bicyclic) bond motifs is 1. The van der Waals surface area contributed by atoms with Crippen molar-refractivity contribution in [2.75, 3.05) is 13.1 Å². The van der Waals surface area contributed by atoms with E-state index in [0.717, 1.165) is 18.4 Å². The molecule has 130 valence electrons. The van der Waals surface area contributed by atoms with Crippen LogP contribution in [0.15, 0.2) is 58.2 Å². The number of hydrogen-bond donors (Lipinski definition) is 1. The van der Waals surface area contributed by atoms with E-state index in [9.17, 15) is 8.42 Å². The largest absolute Gasteiger partial charge is 0.345 e. The molecule has 1 aliphatic heterocycles. The number of imidazole rings is 1. The Kier molecular flexibility index (Phi) is 4.39. The van der Waals surface area contributed by atoms with Gasteiger partial charge in [-0.1, -0.05) is 30.3 Å². The summed E-state index contributed by atoms with van der Waals surface area (Å²) >= 11 is 3.42. The molecule has 0 bridgehead atoms. The summed E-state index contributed by atoms with van der Waals surface area (Å²) in [5.41, 5.74) is 2.75. The van der Waals surface area contributed by atoms with Crippen LogP contribution >= 0.6 is 15.9 Å². The zero-order valence-electron chi connectivity index (χ0n) is 13.5. The van der Waals surface area contributed by atoms with E-state index in [4.69, 9.17) is 0 Å². The van der Waals surface area contributed by atoms with Gasteiger partial charge in [-0.2, -0.15) is 4.31 Å². The molecule has 0 radical (unpaired) electrons. The monoisotopic (exact) mass is 419 g/mol. The molecule has 2 aromatic carbocycles. The number of piperidine rings is 1. The SMILES string of the molecule is O=S(=O)(c1cc(Br)c2nc[nH]c2c1)N1CCC(c2ccccc2)CC1. The van der Waals surface area contributed by atoms with E-state index in [1.54, 1.807) is 22.8 Å². The lowest BCUT2D eigenvalue weighted by Crippen LogP contribution is -2.37. The molecule has 0 unspecified atom stereocenters. The van der Waals surface area contributed by atoms with Gasteiger partial charge in [0, 0.05) is 17.6 Å². The minimum absolute atomic E-state index is 0.300. The fraction of sp³-hybridized carbons (Fsp3) is 0.278. The minimum atomic E-state index is -3.50. The maximum atomic E-state index is 13.0. The van der Waals surface area contributed by atoms with Gasteiger partial charge in [-0.15, -0.1) is 0 Å². The fourth-order valence-electron chi connectivity index (χ4n) is 3.43. The Morgan fingerprint density at radius 2 is 1.84 bits per heavy atom. The first-order chi connectivity index (χ1) is 12.1. The van der Waals surface area contributed by atoms with Crippen LogP contribution in [0.5, 0.6) is 0 Å². The number of nitrogens with one attached hydrogen (secondary N) is 1. The van der Waals surface area contributed by atoms with Crippen LogP contribution < -0.4 is 0 Å². The Morgan fingerprint density at radius 1 is 1.12 bits per heavy atom. The Balaban J connectivity index is 1.57. The van der Waals surface area contributed by atoms with Gasteiger partial charge in [0.1, 0.15) is 5.52 Å². The van der Waals surface area contributed by atoms with Crippen molar-refractivity contribution in [3.8, 4) is 0 Å². The normalized spacial score (nSPS) is 17.2. The molecule has 7 heteroatoms. The van der Waals surface area contributed by atoms with E-state index in [2.05, 4.69) is 38.0 Å². The molecule has 0 saturated carbocycles. The average Bonchev–Trinajstić information content (AvgIpc) is 3.12. The third-order valence-corrected chi connectivity index (χ3v) is 7.29.